The molecule has 7 aliphatic carbocycles. The van der Waals surface area contributed by atoms with Crippen LogP contribution in [0.15, 0.2) is 24.3 Å². The van der Waals surface area contributed by atoms with Gasteiger partial charge in [0.2, 0.25) is 0 Å². The minimum atomic E-state index is -1.34. The summed E-state index contributed by atoms with van der Waals surface area (Å²) in [5, 5.41) is 36.5. The molecular formula is C55H82O6. The van der Waals surface area contributed by atoms with Crippen LogP contribution in [-0.2, 0) is 27.1 Å². The van der Waals surface area contributed by atoms with Gasteiger partial charge in [-0.25, -0.2) is 0 Å². The second-order valence-corrected chi connectivity index (χ2v) is 24.0. The minimum absolute atomic E-state index is 0.0252. The van der Waals surface area contributed by atoms with Crippen molar-refractivity contribution in [1.82, 2.24) is 0 Å². The fourth-order valence-electron chi connectivity index (χ4n) is 18.1. The monoisotopic (exact) mass is 839 g/mol. The lowest BCUT2D eigenvalue weighted by Gasteiger charge is -2.79. The van der Waals surface area contributed by atoms with E-state index in [1.165, 1.54) is 68.9 Å². The zero-order chi connectivity index (χ0) is 43.1. The van der Waals surface area contributed by atoms with E-state index in [1.807, 2.05) is 0 Å². The van der Waals surface area contributed by atoms with Crippen LogP contribution in [0.1, 0.15) is 187 Å². The van der Waals surface area contributed by atoms with Gasteiger partial charge in [-0.1, -0.05) is 103 Å². The molecule has 0 radical (unpaired) electrons. The van der Waals surface area contributed by atoms with Crippen molar-refractivity contribution in [2.24, 2.45) is 67.5 Å². The molecule has 6 heteroatoms. The highest BCUT2D eigenvalue weighted by Crippen LogP contribution is 2.85. The Morgan fingerprint density at radius 2 is 1.56 bits per heavy atom. The number of aliphatic carboxylic acids is 1. The Morgan fingerprint density at radius 1 is 0.836 bits per heavy atom. The maximum absolute atomic E-state index is 13.2. The van der Waals surface area contributed by atoms with Crippen LogP contribution >= 0.6 is 0 Å². The number of methoxy groups -OCH3 is 1. The lowest BCUT2D eigenvalue weighted by atomic mass is 9.24. The van der Waals surface area contributed by atoms with E-state index in [0.29, 0.717) is 18.4 Å². The third-order valence-corrected chi connectivity index (χ3v) is 21.5. The second-order valence-electron chi connectivity index (χ2n) is 24.0. The van der Waals surface area contributed by atoms with Crippen molar-refractivity contribution in [3.05, 3.63) is 35.4 Å². The molecule has 1 saturated heterocycles. The van der Waals surface area contributed by atoms with E-state index in [1.54, 1.807) is 7.11 Å². The summed E-state index contributed by atoms with van der Waals surface area (Å²) < 4.78 is 12.5. The Bertz CT molecular complexity index is 1840. The number of hydrogen-bond acceptors (Lipinski definition) is 5. The second kappa shape index (κ2) is 15.9. The summed E-state index contributed by atoms with van der Waals surface area (Å²) in [6, 6.07) is 8.96. The predicted octanol–water partition coefficient (Wildman–Crippen LogP) is 11.7. The van der Waals surface area contributed by atoms with Crippen molar-refractivity contribution in [3.63, 3.8) is 0 Å². The van der Waals surface area contributed by atoms with Crippen LogP contribution in [0.3, 0.4) is 0 Å². The number of benzene rings is 1. The molecule has 8 aliphatic rings. The van der Waals surface area contributed by atoms with Crippen molar-refractivity contribution in [1.29, 1.82) is 0 Å². The molecule has 14 atom stereocenters. The van der Waals surface area contributed by atoms with E-state index in [2.05, 4.69) is 70.7 Å². The number of hydrogen-bond donors (Lipinski definition) is 3. The number of carboxylic acids is 1. The summed E-state index contributed by atoms with van der Waals surface area (Å²) in [6.45, 7) is 12.8. The number of aliphatic hydroxyl groups is 2. The Balaban J connectivity index is 1.16. The first-order chi connectivity index (χ1) is 29.1. The van der Waals surface area contributed by atoms with Gasteiger partial charge in [0.05, 0.1) is 24.2 Å². The number of ether oxygens (including phenoxy) is 2. The smallest absolute Gasteiger partial charge is 0.309 e. The molecule has 1 aromatic rings. The van der Waals surface area contributed by atoms with Gasteiger partial charge in [-0.15, -0.1) is 5.92 Å². The highest BCUT2D eigenvalue weighted by molar-refractivity contribution is 5.74. The average molecular weight is 839 g/mol. The van der Waals surface area contributed by atoms with Crippen LogP contribution < -0.4 is 0 Å². The van der Waals surface area contributed by atoms with Gasteiger partial charge in [0.1, 0.15) is 0 Å². The van der Waals surface area contributed by atoms with Crippen molar-refractivity contribution < 1.29 is 29.6 Å². The molecule has 0 amide bonds. The molecule has 1 heterocycles. The van der Waals surface area contributed by atoms with Gasteiger partial charge in [-0.05, 0) is 154 Å². The lowest BCUT2D eigenvalue weighted by Crippen LogP contribution is -2.75. The van der Waals surface area contributed by atoms with Gasteiger partial charge in [-0.3, -0.25) is 4.79 Å². The van der Waals surface area contributed by atoms with Gasteiger partial charge in [0, 0.05) is 42.6 Å². The highest BCUT2D eigenvalue weighted by atomic mass is 16.6. The van der Waals surface area contributed by atoms with Gasteiger partial charge < -0.3 is 24.8 Å². The first kappa shape index (κ1) is 44.3. The van der Waals surface area contributed by atoms with Crippen LogP contribution in [-0.4, -0.2) is 53.0 Å². The lowest BCUT2D eigenvalue weighted by molar-refractivity contribution is -0.314. The summed E-state index contributed by atoms with van der Waals surface area (Å²) in [7, 11) is 1.75. The van der Waals surface area contributed by atoms with Crippen molar-refractivity contribution >= 4 is 5.97 Å². The van der Waals surface area contributed by atoms with Crippen LogP contribution in [0.25, 0.3) is 0 Å². The summed E-state index contributed by atoms with van der Waals surface area (Å²) in [5.74, 6) is 8.12. The molecule has 61 heavy (non-hydrogen) atoms. The first-order valence-corrected chi connectivity index (χ1v) is 25.5. The van der Waals surface area contributed by atoms with Gasteiger partial charge in [-0.2, -0.15) is 0 Å². The average Bonchev–Trinajstić information content (AvgIpc) is 3.40. The van der Waals surface area contributed by atoms with E-state index >= 15 is 0 Å². The quantitative estimate of drug-likeness (QED) is 0.192. The predicted molar refractivity (Wildman–Crippen MR) is 241 cm³/mol. The fraction of sp³-hybridized carbons (Fsp3) is 0.836. The number of fused-ring (bicyclic) bond motifs is 3. The molecular weight excluding hydrogens is 757 g/mol. The number of rotatable bonds is 11. The van der Waals surface area contributed by atoms with Crippen LogP contribution in [0, 0.1) is 79.3 Å². The Hall–Kier alpha value is -1.91. The topological polar surface area (TPSA) is 96.2 Å². The van der Waals surface area contributed by atoms with Crippen molar-refractivity contribution in [2.45, 2.75) is 207 Å². The molecule has 4 bridgehead atoms. The van der Waals surface area contributed by atoms with Crippen molar-refractivity contribution in [3.8, 4) is 11.8 Å². The molecule has 0 unspecified atom stereocenters. The molecule has 6 saturated carbocycles. The van der Waals surface area contributed by atoms with Gasteiger partial charge >= 0.3 is 5.97 Å². The van der Waals surface area contributed by atoms with E-state index in [4.69, 9.17) is 9.47 Å². The minimum Gasteiger partial charge on any atom is -0.481 e. The van der Waals surface area contributed by atoms with Crippen LogP contribution in [0.5, 0.6) is 0 Å². The van der Waals surface area contributed by atoms with Crippen LogP contribution in [0.2, 0.25) is 0 Å². The fourth-order valence-corrected chi connectivity index (χ4v) is 18.1. The molecule has 6 nitrogen and oxygen atoms in total. The summed E-state index contributed by atoms with van der Waals surface area (Å²) >= 11 is 0. The van der Waals surface area contributed by atoms with Gasteiger partial charge in [0.15, 0.2) is 5.79 Å². The standard InChI is InChI=1S/C55H82O6/c1-7-12-43-54-33-32-53-24-11-15-39(17-16-38-13-9-8-10-14-38)22-25-52(44-37-49(3,47(57)58)27-26-48(44,2)28-30-51(52,53)5)31-29-50(53,4)46(54)42(56)36-55(43,59)61-45(54)35-41-20-18-40(19-21-41)23-34-60-6/h18-21,38-39,42-46,56,59H,7-10,12-17,22-23,25-37H2,1-6H3,(H,57,58)/t39-,42-,43-,44+,45-,46-,48-,49+,50-,51-,52+,53-,54+,55-/m0/s1. The zero-order valence-electron chi connectivity index (χ0n) is 39.1. The molecule has 3 N–H and O–H groups in total. The van der Waals surface area contributed by atoms with E-state index in [0.717, 1.165) is 95.8 Å². The van der Waals surface area contributed by atoms with E-state index in [9.17, 15) is 20.1 Å². The number of aliphatic hydroxyl groups excluding tert-OH is 1. The van der Waals surface area contributed by atoms with E-state index < -0.39 is 23.3 Å². The Labute approximate surface area is 369 Å². The zero-order valence-corrected chi connectivity index (χ0v) is 39.1. The summed E-state index contributed by atoms with van der Waals surface area (Å²) in [4.78, 5) is 13.2. The maximum Gasteiger partial charge on any atom is 0.309 e. The number of carboxylic acid groups (broad SMARTS) is 1. The molecule has 9 rings (SSSR count). The van der Waals surface area contributed by atoms with Crippen LogP contribution in [0.4, 0.5) is 0 Å². The third kappa shape index (κ3) is 6.55. The Kier molecular flexibility index (Phi) is 11.6. The largest absolute Gasteiger partial charge is 0.481 e. The molecule has 2 spiro atoms. The molecule has 0 aromatic heterocycles. The molecule has 1 aliphatic heterocycles. The maximum atomic E-state index is 13.2. The Morgan fingerprint density at radius 3 is 2.28 bits per heavy atom. The van der Waals surface area contributed by atoms with Gasteiger partial charge in [0.25, 0.3) is 0 Å². The molecule has 338 valence electrons. The highest BCUT2D eigenvalue weighted by Gasteiger charge is 2.82. The molecule has 7 fully saturated rings. The summed E-state index contributed by atoms with van der Waals surface area (Å²) in [5.41, 5.74) is 0.711. The SMILES string of the molecule is CCC[C@H]1[C@@]23CC[C@@]45C#CC[C@@H](CCC6CCCCC6)CC[C@@]6(CC[C@@]4(C)[C@@H]2[C@@H](O)C[C@]1(O)O[C@H]3Cc1ccc(CCOC)cc1)[C@@H]1C[C@](C)(C(=O)O)CC[C@@]1(C)CC[C@@]65C. The molecule has 1 aromatic carbocycles. The third-order valence-electron chi connectivity index (χ3n) is 21.5. The normalized spacial score (nSPS) is 47.9. The first-order valence-electron chi connectivity index (χ1n) is 25.5. The summed E-state index contributed by atoms with van der Waals surface area (Å²) in [6.07, 6.45) is 24.4. The van der Waals surface area contributed by atoms with E-state index in [-0.39, 0.29) is 56.9 Å². The van der Waals surface area contributed by atoms with Crippen molar-refractivity contribution in [2.75, 3.05) is 13.7 Å². The number of carbonyl (C=O) groups is 1.